The molecule has 0 spiro atoms. The Hall–Kier alpha value is -1.79. The lowest BCUT2D eigenvalue weighted by Gasteiger charge is -2.13. The maximum atomic E-state index is 12.2. The Balaban J connectivity index is 1.90. The van der Waals surface area contributed by atoms with Crippen LogP contribution in [0.1, 0.15) is 42.5 Å². The molecule has 0 bridgehead atoms. The van der Waals surface area contributed by atoms with Gasteiger partial charge < -0.3 is 10.4 Å². The number of hydrogen-bond acceptors (Lipinski definition) is 4. The summed E-state index contributed by atoms with van der Waals surface area (Å²) in [6.45, 7) is 6.86. The summed E-state index contributed by atoms with van der Waals surface area (Å²) < 4.78 is 0. The van der Waals surface area contributed by atoms with Crippen LogP contribution in [0.4, 0.5) is 0 Å². The highest BCUT2D eigenvalue weighted by molar-refractivity contribution is 7.99. The van der Waals surface area contributed by atoms with E-state index in [4.69, 9.17) is 5.11 Å². The van der Waals surface area contributed by atoms with E-state index in [0.29, 0.717) is 17.9 Å². The Morgan fingerprint density at radius 3 is 2.57 bits per heavy atom. The third-order valence-electron chi connectivity index (χ3n) is 3.32. The van der Waals surface area contributed by atoms with Crippen LogP contribution in [0, 0.1) is 0 Å². The number of H-pyrrole nitrogens is 1. The first-order valence-corrected chi connectivity index (χ1v) is 8.55. The number of rotatable bonds is 6. The molecule has 6 heteroatoms. The Bertz CT molecular complexity index is 645. The average molecular weight is 333 g/mol. The van der Waals surface area contributed by atoms with Crippen LogP contribution in [-0.4, -0.2) is 33.6 Å². The van der Waals surface area contributed by atoms with E-state index >= 15 is 0 Å². The third kappa shape index (κ3) is 5.11. The minimum atomic E-state index is -0.115. The largest absolute Gasteiger partial charge is 0.396 e. The number of hydrogen-bond donors (Lipinski definition) is 3. The first-order valence-electron chi connectivity index (χ1n) is 7.57. The molecule has 1 aromatic heterocycles. The number of aromatic amines is 1. The molecule has 3 N–H and O–H groups in total. The van der Waals surface area contributed by atoms with Gasteiger partial charge in [0.15, 0.2) is 0 Å². The molecular weight excluding hydrogens is 310 g/mol. The molecule has 0 saturated carbocycles. The van der Waals surface area contributed by atoms with Crippen LogP contribution in [0.3, 0.4) is 0 Å². The fraction of sp³-hybridized carbons (Fsp3) is 0.412. The number of aromatic nitrogens is 2. The van der Waals surface area contributed by atoms with Crippen LogP contribution < -0.4 is 5.32 Å². The molecule has 0 radical (unpaired) electrons. The molecule has 0 unspecified atom stereocenters. The fourth-order valence-electron chi connectivity index (χ4n) is 1.98. The van der Waals surface area contributed by atoms with E-state index < -0.39 is 0 Å². The number of benzene rings is 1. The summed E-state index contributed by atoms with van der Waals surface area (Å²) in [6, 6.07) is 9.35. The van der Waals surface area contributed by atoms with Gasteiger partial charge in [-0.1, -0.05) is 20.8 Å². The average Bonchev–Trinajstić information content (AvgIpc) is 3.00. The molecule has 0 saturated heterocycles. The lowest BCUT2D eigenvalue weighted by atomic mass is 9.92. The van der Waals surface area contributed by atoms with Crippen molar-refractivity contribution in [2.45, 2.75) is 37.6 Å². The van der Waals surface area contributed by atoms with Gasteiger partial charge in [0.2, 0.25) is 0 Å². The molecule has 124 valence electrons. The van der Waals surface area contributed by atoms with Gasteiger partial charge in [0.05, 0.1) is 24.5 Å². The lowest BCUT2D eigenvalue weighted by Crippen LogP contribution is -2.22. The van der Waals surface area contributed by atoms with Gasteiger partial charge in [0, 0.05) is 21.6 Å². The van der Waals surface area contributed by atoms with Crippen LogP contribution in [-0.2, 0) is 12.0 Å². The van der Waals surface area contributed by atoms with Gasteiger partial charge in [-0.05, 0) is 30.3 Å². The van der Waals surface area contributed by atoms with Crippen LogP contribution in [0.25, 0.3) is 0 Å². The smallest absolute Gasteiger partial charge is 0.251 e. The predicted octanol–water partition coefficient (Wildman–Crippen LogP) is 2.72. The van der Waals surface area contributed by atoms with Gasteiger partial charge in [0.25, 0.3) is 5.91 Å². The lowest BCUT2D eigenvalue weighted by molar-refractivity contribution is 0.0950. The van der Waals surface area contributed by atoms with Crippen molar-refractivity contribution in [3.05, 3.63) is 47.3 Å². The summed E-state index contributed by atoms with van der Waals surface area (Å²) in [6.07, 6.45) is 0. The molecule has 0 fully saturated rings. The van der Waals surface area contributed by atoms with Crippen molar-refractivity contribution in [3.8, 4) is 0 Å². The number of carbonyl (C=O) groups excluding carboxylic acids is 1. The zero-order chi connectivity index (χ0) is 16.9. The zero-order valence-corrected chi connectivity index (χ0v) is 14.5. The number of aliphatic hydroxyl groups is 1. The number of amides is 1. The second-order valence-electron chi connectivity index (χ2n) is 6.31. The zero-order valence-electron chi connectivity index (χ0n) is 13.7. The minimum Gasteiger partial charge on any atom is -0.396 e. The van der Waals surface area contributed by atoms with Crippen LogP contribution in [0.15, 0.2) is 35.2 Å². The molecule has 23 heavy (non-hydrogen) atoms. The number of nitrogens with one attached hydrogen (secondary N) is 2. The van der Waals surface area contributed by atoms with Crippen molar-refractivity contribution < 1.29 is 9.90 Å². The van der Waals surface area contributed by atoms with E-state index in [1.807, 2.05) is 18.2 Å². The highest BCUT2D eigenvalue weighted by Crippen LogP contribution is 2.20. The topological polar surface area (TPSA) is 78.0 Å². The summed E-state index contributed by atoms with van der Waals surface area (Å²) in [5.74, 6) is 0.539. The van der Waals surface area contributed by atoms with E-state index in [2.05, 4.69) is 36.3 Å². The Morgan fingerprint density at radius 2 is 2.00 bits per heavy atom. The SMILES string of the molecule is CC(C)(C)c1cc(CNC(=O)c2ccc(SCCO)cc2)[nH]n1. The van der Waals surface area contributed by atoms with Crippen LogP contribution in [0.5, 0.6) is 0 Å². The fourth-order valence-corrected chi connectivity index (χ4v) is 2.64. The molecule has 1 aromatic carbocycles. The minimum absolute atomic E-state index is 0.0131. The van der Waals surface area contributed by atoms with Gasteiger partial charge in [-0.2, -0.15) is 5.10 Å². The maximum absolute atomic E-state index is 12.2. The molecule has 0 atom stereocenters. The first kappa shape index (κ1) is 17.6. The first-order chi connectivity index (χ1) is 10.9. The van der Waals surface area contributed by atoms with Crippen molar-refractivity contribution in [2.24, 2.45) is 0 Å². The maximum Gasteiger partial charge on any atom is 0.251 e. The molecule has 1 amide bonds. The molecule has 0 aliphatic heterocycles. The van der Waals surface area contributed by atoms with Crippen molar-refractivity contribution in [3.63, 3.8) is 0 Å². The van der Waals surface area contributed by atoms with Gasteiger partial charge in [0.1, 0.15) is 0 Å². The van der Waals surface area contributed by atoms with E-state index in [0.717, 1.165) is 16.3 Å². The van der Waals surface area contributed by atoms with Gasteiger partial charge in [-0.25, -0.2) is 0 Å². The summed E-state index contributed by atoms with van der Waals surface area (Å²) in [4.78, 5) is 13.2. The van der Waals surface area contributed by atoms with Gasteiger partial charge >= 0.3 is 0 Å². The number of aliphatic hydroxyl groups excluding tert-OH is 1. The summed E-state index contributed by atoms with van der Waals surface area (Å²) in [5.41, 5.74) is 2.47. The van der Waals surface area contributed by atoms with Crippen molar-refractivity contribution >= 4 is 17.7 Å². The molecule has 5 nitrogen and oxygen atoms in total. The monoisotopic (exact) mass is 333 g/mol. The number of carbonyl (C=O) groups is 1. The molecule has 2 aromatic rings. The number of nitrogens with zero attached hydrogens (tertiary/aromatic N) is 1. The summed E-state index contributed by atoms with van der Waals surface area (Å²) >= 11 is 1.56. The van der Waals surface area contributed by atoms with Crippen LogP contribution in [0.2, 0.25) is 0 Å². The quantitative estimate of drug-likeness (QED) is 0.710. The summed E-state index contributed by atoms with van der Waals surface area (Å²) in [7, 11) is 0. The van der Waals surface area contributed by atoms with Crippen LogP contribution >= 0.6 is 11.8 Å². The Morgan fingerprint density at radius 1 is 1.30 bits per heavy atom. The molecule has 0 aliphatic rings. The highest BCUT2D eigenvalue weighted by atomic mass is 32.2. The standard InChI is InChI=1S/C17H23N3O2S/c1-17(2,3)15-10-13(19-20-15)11-18-16(22)12-4-6-14(7-5-12)23-9-8-21/h4-7,10,21H,8-9,11H2,1-3H3,(H,18,22)(H,19,20). The molecular formula is C17H23N3O2S. The van der Waals surface area contributed by atoms with E-state index in [1.165, 1.54) is 0 Å². The van der Waals surface area contributed by atoms with E-state index in [1.54, 1.807) is 23.9 Å². The Labute approximate surface area is 140 Å². The summed E-state index contributed by atoms with van der Waals surface area (Å²) in [5, 5.41) is 18.9. The van der Waals surface area contributed by atoms with Gasteiger partial charge in [-0.15, -0.1) is 11.8 Å². The van der Waals surface area contributed by atoms with Crippen molar-refractivity contribution in [2.75, 3.05) is 12.4 Å². The highest BCUT2D eigenvalue weighted by Gasteiger charge is 2.17. The van der Waals surface area contributed by atoms with Gasteiger partial charge in [-0.3, -0.25) is 9.89 Å². The van der Waals surface area contributed by atoms with Crippen molar-refractivity contribution in [1.82, 2.24) is 15.5 Å². The van der Waals surface area contributed by atoms with E-state index in [9.17, 15) is 4.79 Å². The van der Waals surface area contributed by atoms with Crippen molar-refractivity contribution in [1.29, 1.82) is 0 Å². The predicted molar refractivity (Wildman–Crippen MR) is 92.7 cm³/mol. The second kappa shape index (κ2) is 7.66. The molecule has 0 aliphatic carbocycles. The number of thioether (sulfide) groups is 1. The molecule has 1 heterocycles. The molecule has 2 rings (SSSR count). The Kier molecular flexibility index (Phi) is 5.85. The normalized spacial score (nSPS) is 11.5. The third-order valence-corrected chi connectivity index (χ3v) is 4.31. The van der Waals surface area contributed by atoms with E-state index in [-0.39, 0.29) is 17.9 Å². The second-order valence-corrected chi connectivity index (χ2v) is 7.48.